The second kappa shape index (κ2) is 6.71. The van der Waals surface area contributed by atoms with E-state index in [0.717, 1.165) is 32.4 Å². The van der Waals surface area contributed by atoms with Crippen molar-refractivity contribution in [3.05, 3.63) is 42.8 Å². The summed E-state index contributed by atoms with van der Waals surface area (Å²) in [5, 5.41) is 0. The molecule has 1 radical (unpaired) electrons. The summed E-state index contributed by atoms with van der Waals surface area (Å²) in [4.78, 5) is 14.2. The highest BCUT2D eigenvalue weighted by Gasteiger charge is 2.34. The Labute approximate surface area is 115 Å². The summed E-state index contributed by atoms with van der Waals surface area (Å²) in [6.07, 6.45) is 2.76. The Hall–Kier alpha value is -1.35. The molecule has 2 unspecified atom stereocenters. The van der Waals surface area contributed by atoms with Crippen molar-refractivity contribution in [2.45, 2.75) is 31.2 Å². The standard InChI is InChI=1S/C16H22NO2/c1-3-10-17-11-9-14(12-15(17)16(18)19-2)13-7-5-4-6-8-13/h4-8,14-15H,1,3,9-12H2,2H3. The van der Waals surface area contributed by atoms with E-state index in [9.17, 15) is 4.79 Å². The second-order valence-electron chi connectivity index (χ2n) is 5.06. The summed E-state index contributed by atoms with van der Waals surface area (Å²) in [6.45, 7) is 5.68. The molecule has 3 nitrogen and oxygen atoms in total. The molecule has 1 aliphatic rings. The van der Waals surface area contributed by atoms with E-state index in [1.165, 1.54) is 12.7 Å². The predicted octanol–water partition coefficient (Wildman–Crippen LogP) is 2.63. The lowest BCUT2D eigenvalue weighted by Crippen LogP contribution is -2.47. The molecule has 0 aliphatic carbocycles. The van der Waals surface area contributed by atoms with Gasteiger partial charge in [0.2, 0.25) is 0 Å². The maximum absolute atomic E-state index is 11.9. The minimum absolute atomic E-state index is 0.117. The van der Waals surface area contributed by atoms with Crippen LogP contribution in [0.3, 0.4) is 0 Å². The lowest BCUT2D eigenvalue weighted by Gasteiger charge is -2.37. The van der Waals surface area contributed by atoms with Crippen molar-refractivity contribution in [2.75, 3.05) is 20.2 Å². The van der Waals surface area contributed by atoms with Crippen molar-refractivity contribution in [1.82, 2.24) is 4.90 Å². The van der Waals surface area contributed by atoms with Crippen LogP contribution in [0.4, 0.5) is 0 Å². The first-order valence-corrected chi connectivity index (χ1v) is 6.92. The summed E-state index contributed by atoms with van der Waals surface area (Å²) < 4.78 is 4.95. The lowest BCUT2D eigenvalue weighted by molar-refractivity contribution is -0.148. The van der Waals surface area contributed by atoms with Crippen LogP contribution in [0.15, 0.2) is 30.3 Å². The first kappa shape index (κ1) is 14.1. The summed E-state index contributed by atoms with van der Waals surface area (Å²) in [5.41, 5.74) is 1.32. The van der Waals surface area contributed by atoms with E-state index in [1.54, 1.807) is 0 Å². The van der Waals surface area contributed by atoms with E-state index >= 15 is 0 Å². The number of methoxy groups -OCH3 is 1. The molecule has 1 saturated heterocycles. The first-order valence-electron chi connectivity index (χ1n) is 6.92. The molecule has 2 rings (SSSR count). The summed E-state index contributed by atoms with van der Waals surface area (Å²) >= 11 is 0. The molecule has 3 heteroatoms. The van der Waals surface area contributed by atoms with Gasteiger partial charge in [-0.1, -0.05) is 37.3 Å². The topological polar surface area (TPSA) is 29.5 Å². The largest absolute Gasteiger partial charge is 0.468 e. The van der Waals surface area contributed by atoms with Crippen LogP contribution in [0.2, 0.25) is 0 Å². The van der Waals surface area contributed by atoms with Crippen molar-refractivity contribution in [3.63, 3.8) is 0 Å². The van der Waals surface area contributed by atoms with Crippen molar-refractivity contribution in [1.29, 1.82) is 0 Å². The van der Waals surface area contributed by atoms with E-state index in [-0.39, 0.29) is 12.0 Å². The SMILES string of the molecule is [CH2]CCN1CCC(c2ccccc2)CC1C(=O)OC. The molecule has 0 spiro atoms. The van der Waals surface area contributed by atoms with Crippen LogP contribution in [0.25, 0.3) is 0 Å². The molecule has 1 fully saturated rings. The van der Waals surface area contributed by atoms with Crippen LogP contribution < -0.4 is 0 Å². The predicted molar refractivity (Wildman–Crippen MR) is 75.8 cm³/mol. The fraction of sp³-hybridized carbons (Fsp3) is 0.500. The fourth-order valence-electron chi connectivity index (χ4n) is 2.89. The Morgan fingerprint density at radius 2 is 2.16 bits per heavy atom. The van der Waals surface area contributed by atoms with E-state index in [1.807, 2.05) is 6.07 Å². The van der Waals surface area contributed by atoms with Crippen molar-refractivity contribution >= 4 is 5.97 Å². The summed E-state index contributed by atoms with van der Waals surface area (Å²) in [5.74, 6) is 0.334. The van der Waals surface area contributed by atoms with E-state index < -0.39 is 0 Å². The molecule has 1 aromatic carbocycles. The maximum Gasteiger partial charge on any atom is 0.323 e. The normalized spacial score (nSPS) is 24.1. The smallest absolute Gasteiger partial charge is 0.323 e. The molecular formula is C16H22NO2. The molecule has 0 N–H and O–H groups in total. The number of rotatable bonds is 4. The number of piperidine rings is 1. The van der Waals surface area contributed by atoms with Gasteiger partial charge < -0.3 is 4.74 Å². The number of ether oxygens (including phenoxy) is 1. The third-order valence-electron chi connectivity index (χ3n) is 3.90. The third kappa shape index (κ3) is 3.35. The molecule has 1 aromatic rings. The number of carbonyl (C=O) groups is 1. The molecular weight excluding hydrogens is 238 g/mol. The van der Waals surface area contributed by atoms with Gasteiger partial charge in [-0.15, -0.1) is 0 Å². The van der Waals surface area contributed by atoms with Gasteiger partial charge in [-0.2, -0.15) is 0 Å². The first-order chi connectivity index (χ1) is 9.26. The Kier molecular flexibility index (Phi) is 4.97. The minimum Gasteiger partial charge on any atom is -0.468 e. The molecule has 1 aliphatic heterocycles. The quantitative estimate of drug-likeness (QED) is 0.779. The molecule has 0 amide bonds. The van der Waals surface area contributed by atoms with E-state index in [2.05, 4.69) is 36.1 Å². The Morgan fingerprint density at radius 1 is 1.42 bits per heavy atom. The van der Waals surface area contributed by atoms with Crippen molar-refractivity contribution in [3.8, 4) is 0 Å². The highest BCUT2D eigenvalue weighted by atomic mass is 16.5. The van der Waals surface area contributed by atoms with Gasteiger partial charge in [0.05, 0.1) is 7.11 Å². The van der Waals surface area contributed by atoms with E-state index in [0.29, 0.717) is 5.92 Å². The van der Waals surface area contributed by atoms with Crippen LogP contribution in [0, 0.1) is 6.92 Å². The van der Waals surface area contributed by atoms with Crippen LogP contribution >= 0.6 is 0 Å². The van der Waals surface area contributed by atoms with Crippen LogP contribution in [-0.2, 0) is 9.53 Å². The Balaban J connectivity index is 2.10. The second-order valence-corrected chi connectivity index (χ2v) is 5.06. The van der Waals surface area contributed by atoms with Crippen molar-refractivity contribution in [2.24, 2.45) is 0 Å². The molecule has 1 heterocycles. The maximum atomic E-state index is 11.9. The van der Waals surface area contributed by atoms with Gasteiger partial charge in [-0.3, -0.25) is 9.69 Å². The van der Waals surface area contributed by atoms with Gasteiger partial charge in [-0.25, -0.2) is 0 Å². The Morgan fingerprint density at radius 3 is 2.79 bits per heavy atom. The van der Waals surface area contributed by atoms with Gasteiger partial charge in [0.1, 0.15) is 6.04 Å². The molecule has 2 atom stereocenters. The van der Waals surface area contributed by atoms with E-state index in [4.69, 9.17) is 4.74 Å². The minimum atomic E-state index is -0.120. The summed E-state index contributed by atoms with van der Waals surface area (Å²) in [6, 6.07) is 10.3. The van der Waals surface area contributed by atoms with Gasteiger partial charge in [0, 0.05) is 0 Å². The summed E-state index contributed by atoms with van der Waals surface area (Å²) in [7, 11) is 1.47. The molecule has 0 aromatic heterocycles. The average Bonchev–Trinajstić information content (AvgIpc) is 2.48. The number of hydrogen-bond donors (Lipinski definition) is 0. The zero-order chi connectivity index (χ0) is 13.7. The molecule has 19 heavy (non-hydrogen) atoms. The van der Waals surface area contributed by atoms with Gasteiger partial charge >= 0.3 is 5.97 Å². The average molecular weight is 260 g/mol. The fourth-order valence-corrected chi connectivity index (χ4v) is 2.89. The number of likely N-dealkylation sites (tertiary alicyclic amines) is 1. The highest BCUT2D eigenvalue weighted by Crippen LogP contribution is 2.32. The van der Waals surface area contributed by atoms with Gasteiger partial charge in [0.15, 0.2) is 0 Å². The monoisotopic (exact) mass is 260 g/mol. The lowest BCUT2D eigenvalue weighted by atomic mass is 9.85. The number of nitrogens with zero attached hydrogens (tertiary/aromatic N) is 1. The zero-order valence-electron chi connectivity index (χ0n) is 11.5. The van der Waals surface area contributed by atoms with Crippen LogP contribution in [-0.4, -0.2) is 37.1 Å². The number of carbonyl (C=O) groups excluding carboxylic acids is 1. The van der Waals surface area contributed by atoms with Crippen LogP contribution in [0.5, 0.6) is 0 Å². The number of hydrogen-bond acceptors (Lipinski definition) is 3. The third-order valence-corrected chi connectivity index (χ3v) is 3.90. The zero-order valence-corrected chi connectivity index (χ0v) is 11.5. The molecule has 0 saturated carbocycles. The molecule has 0 bridgehead atoms. The Bertz CT molecular complexity index is 404. The highest BCUT2D eigenvalue weighted by molar-refractivity contribution is 5.76. The van der Waals surface area contributed by atoms with Gasteiger partial charge in [0.25, 0.3) is 0 Å². The number of esters is 1. The van der Waals surface area contributed by atoms with Crippen LogP contribution in [0.1, 0.15) is 30.7 Å². The van der Waals surface area contributed by atoms with Gasteiger partial charge in [-0.05, 0) is 43.8 Å². The molecule has 103 valence electrons. The van der Waals surface area contributed by atoms with Crippen molar-refractivity contribution < 1.29 is 9.53 Å². The number of benzene rings is 1.